The smallest absolute Gasteiger partial charge is 0.303 e. The Labute approximate surface area is 144 Å². The third-order valence-electron chi connectivity index (χ3n) is 4.52. The van der Waals surface area contributed by atoms with Crippen LogP contribution in [0.1, 0.15) is 104 Å². The molecule has 0 saturated carbocycles. The first-order valence-electron chi connectivity index (χ1n) is 9.93. The molecule has 0 bridgehead atoms. The van der Waals surface area contributed by atoms with E-state index in [1.165, 1.54) is 64.2 Å². The second-order valence-corrected chi connectivity index (χ2v) is 7.39. The molecule has 0 rings (SSSR count). The Morgan fingerprint density at radius 3 is 2.30 bits per heavy atom. The van der Waals surface area contributed by atoms with E-state index in [0.717, 1.165) is 24.7 Å². The number of aliphatic carboxylic acids is 1. The van der Waals surface area contributed by atoms with Gasteiger partial charge < -0.3 is 5.11 Å². The van der Waals surface area contributed by atoms with Crippen LogP contribution in [0.4, 0.5) is 0 Å². The van der Waals surface area contributed by atoms with E-state index in [-0.39, 0.29) is 0 Å². The summed E-state index contributed by atoms with van der Waals surface area (Å²) in [6.45, 7) is 6.85. The molecule has 0 amide bonds. The molecular weight excluding hydrogens is 284 g/mol. The summed E-state index contributed by atoms with van der Waals surface area (Å²) < 4.78 is 0. The average Bonchev–Trinajstić information content (AvgIpc) is 2.50. The summed E-state index contributed by atoms with van der Waals surface area (Å²) in [5.41, 5.74) is 0. The van der Waals surface area contributed by atoms with E-state index in [1.807, 2.05) is 0 Å². The zero-order valence-electron chi connectivity index (χ0n) is 15.9. The molecule has 0 radical (unpaired) electrons. The molecule has 136 valence electrons. The fourth-order valence-electron chi connectivity index (χ4n) is 2.93. The lowest BCUT2D eigenvalue weighted by Gasteiger charge is -2.16. The Kier molecular flexibility index (Phi) is 15.5. The van der Waals surface area contributed by atoms with E-state index < -0.39 is 5.97 Å². The lowest BCUT2D eigenvalue weighted by Crippen LogP contribution is -2.02. The van der Waals surface area contributed by atoms with Gasteiger partial charge in [0, 0.05) is 6.42 Å². The van der Waals surface area contributed by atoms with Gasteiger partial charge in [-0.15, -0.1) is 0 Å². The van der Waals surface area contributed by atoms with E-state index in [9.17, 15) is 4.79 Å². The molecule has 2 nitrogen and oxygen atoms in total. The van der Waals surface area contributed by atoms with Crippen molar-refractivity contribution in [3.8, 4) is 0 Å². The van der Waals surface area contributed by atoms with Crippen molar-refractivity contribution in [2.75, 3.05) is 0 Å². The minimum absolute atomic E-state index is 0.328. The number of rotatable bonds is 16. The average molecular weight is 325 g/mol. The molecule has 1 atom stereocenters. The van der Waals surface area contributed by atoms with E-state index in [4.69, 9.17) is 5.11 Å². The summed E-state index contributed by atoms with van der Waals surface area (Å²) in [6, 6.07) is 0. The molecular formula is C21H40O2. The summed E-state index contributed by atoms with van der Waals surface area (Å²) in [5, 5.41) is 8.68. The fourth-order valence-corrected chi connectivity index (χ4v) is 2.93. The van der Waals surface area contributed by atoms with Gasteiger partial charge in [-0.25, -0.2) is 0 Å². The summed E-state index contributed by atoms with van der Waals surface area (Å²) in [6.07, 6.45) is 19.9. The first kappa shape index (κ1) is 22.2. The van der Waals surface area contributed by atoms with Crippen molar-refractivity contribution in [2.45, 2.75) is 104 Å². The maximum atomic E-state index is 10.5. The van der Waals surface area contributed by atoms with E-state index in [1.54, 1.807) is 0 Å². The third-order valence-corrected chi connectivity index (χ3v) is 4.52. The molecule has 1 unspecified atom stereocenters. The van der Waals surface area contributed by atoms with Crippen molar-refractivity contribution in [2.24, 2.45) is 11.8 Å². The number of hydrogen-bond acceptors (Lipinski definition) is 1. The van der Waals surface area contributed by atoms with Gasteiger partial charge in [-0.05, 0) is 43.9 Å². The van der Waals surface area contributed by atoms with Gasteiger partial charge in [-0.2, -0.15) is 0 Å². The normalized spacial score (nSPS) is 13.0. The van der Waals surface area contributed by atoms with Crippen LogP contribution in [0.3, 0.4) is 0 Å². The minimum atomic E-state index is -0.660. The Balaban J connectivity index is 3.89. The van der Waals surface area contributed by atoms with Gasteiger partial charge >= 0.3 is 5.97 Å². The first-order valence-corrected chi connectivity index (χ1v) is 9.93. The zero-order valence-corrected chi connectivity index (χ0v) is 15.9. The van der Waals surface area contributed by atoms with Crippen molar-refractivity contribution in [1.82, 2.24) is 0 Å². The molecule has 0 fully saturated rings. The van der Waals surface area contributed by atoms with E-state index in [0.29, 0.717) is 6.42 Å². The highest BCUT2D eigenvalue weighted by Crippen LogP contribution is 2.22. The molecule has 0 aliphatic heterocycles. The Morgan fingerprint density at radius 2 is 1.65 bits per heavy atom. The lowest BCUT2D eigenvalue weighted by molar-refractivity contribution is -0.137. The van der Waals surface area contributed by atoms with E-state index >= 15 is 0 Å². The molecule has 0 aliphatic carbocycles. The number of unbranched alkanes of at least 4 members (excludes halogenated alkanes) is 6. The number of carbonyl (C=O) groups is 1. The minimum Gasteiger partial charge on any atom is -0.481 e. The predicted octanol–water partition coefficient (Wildman–Crippen LogP) is 6.99. The largest absolute Gasteiger partial charge is 0.481 e. The second kappa shape index (κ2) is 16.1. The van der Waals surface area contributed by atoms with Crippen LogP contribution in [0, 0.1) is 11.8 Å². The molecule has 0 aromatic carbocycles. The Bertz CT molecular complexity index is 294. The first-order chi connectivity index (χ1) is 11.1. The molecule has 0 heterocycles. The molecule has 0 aromatic heterocycles. The lowest BCUT2D eigenvalue weighted by atomic mass is 9.90. The molecule has 23 heavy (non-hydrogen) atoms. The van der Waals surface area contributed by atoms with Crippen LogP contribution >= 0.6 is 0 Å². The molecule has 2 heteroatoms. The fraction of sp³-hybridized carbons (Fsp3) is 0.857. The highest BCUT2D eigenvalue weighted by molar-refractivity contribution is 5.66. The molecule has 1 N–H and O–H groups in total. The van der Waals surface area contributed by atoms with Gasteiger partial charge in [0.1, 0.15) is 0 Å². The van der Waals surface area contributed by atoms with Gasteiger partial charge in [0.2, 0.25) is 0 Å². The van der Waals surface area contributed by atoms with E-state index in [2.05, 4.69) is 32.9 Å². The third kappa shape index (κ3) is 17.4. The van der Waals surface area contributed by atoms with Gasteiger partial charge in [0.15, 0.2) is 0 Å². The summed E-state index contributed by atoms with van der Waals surface area (Å²) >= 11 is 0. The SMILES string of the molecule is CCCCCCC=CCC(CCCCCC(=O)O)CCC(C)C. The topological polar surface area (TPSA) is 37.3 Å². The van der Waals surface area contributed by atoms with Crippen LogP contribution in [-0.4, -0.2) is 11.1 Å². The Hall–Kier alpha value is -0.790. The Morgan fingerprint density at radius 1 is 0.913 bits per heavy atom. The van der Waals surface area contributed by atoms with Gasteiger partial charge in [0.05, 0.1) is 0 Å². The number of hydrogen-bond donors (Lipinski definition) is 1. The standard InChI is InChI=1S/C21H40O2/c1-4-5-6-7-8-9-11-14-20(18-17-19(2)3)15-12-10-13-16-21(22)23/h9,11,19-20H,4-8,10,12-18H2,1-3H3,(H,22,23). The van der Waals surface area contributed by atoms with Crippen molar-refractivity contribution < 1.29 is 9.90 Å². The highest BCUT2D eigenvalue weighted by atomic mass is 16.4. The maximum absolute atomic E-state index is 10.5. The van der Waals surface area contributed by atoms with Crippen LogP contribution in [0.25, 0.3) is 0 Å². The number of carboxylic acid groups (broad SMARTS) is 1. The predicted molar refractivity (Wildman–Crippen MR) is 101 cm³/mol. The summed E-state index contributed by atoms with van der Waals surface area (Å²) in [7, 11) is 0. The van der Waals surface area contributed by atoms with Crippen molar-refractivity contribution in [3.05, 3.63) is 12.2 Å². The van der Waals surface area contributed by atoms with Crippen molar-refractivity contribution in [3.63, 3.8) is 0 Å². The van der Waals surface area contributed by atoms with Gasteiger partial charge in [-0.3, -0.25) is 4.79 Å². The maximum Gasteiger partial charge on any atom is 0.303 e. The zero-order chi connectivity index (χ0) is 17.3. The quantitative estimate of drug-likeness (QED) is 0.245. The monoisotopic (exact) mass is 324 g/mol. The summed E-state index contributed by atoms with van der Waals surface area (Å²) in [4.78, 5) is 10.5. The van der Waals surface area contributed by atoms with Crippen LogP contribution in [0.15, 0.2) is 12.2 Å². The molecule has 0 aliphatic rings. The van der Waals surface area contributed by atoms with Gasteiger partial charge in [-0.1, -0.05) is 77.9 Å². The van der Waals surface area contributed by atoms with Gasteiger partial charge in [0.25, 0.3) is 0 Å². The summed E-state index contributed by atoms with van der Waals surface area (Å²) in [5.74, 6) is 0.906. The van der Waals surface area contributed by atoms with Crippen molar-refractivity contribution >= 4 is 5.97 Å². The molecule has 0 spiro atoms. The number of carboxylic acids is 1. The van der Waals surface area contributed by atoms with Crippen LogP contribution in [0.5, 0.6) is 0 Å². The number of allylic oxidation sites excluding steroid dienone is 2. The van der Waals surface area contributed by atoms with Crippen LogP contribution in [-0.2, 0) is 4.79 Å². The van der Waals surface area contributed by atoms with Crippen molar-refractivity contribution in [1.29, 1.82) is 0 Å². The second-order valence-electron chi connectivity index (χ2n) is 7.39. The van der Waals surface area contributed by atoms with Crippen LogP contribution in [0.2, 0.25) is 0 Å². The highest BCUT2D eigenvalue weighted by Gasteiger charge is 2.08. The molecule has 0 aromatic rings. The molecule has 0 saturated heterocycles. The van der Waals surface area contributed by atoms with Crippen LogP contribution < -0.4 is 0 Å².